The number of benzene rings is 1. The van der Waals surface area contributed by atoms with Gasteiger partial charge >= 0.3 is 13.7 Å². The first kappa shape index (κ1) is 25.3. The topological polar surface area (TPSA) is 105 Å². The Kier molecular flexibility index (Phi) is 13.4. The summed E-state index contributed by atoms with van der Waals surface area (Å²) in [6.07, 6.45) is -0.128. The summed E-state index contributed by atoms with van der Waals surface area (Å²) >= 11 is 0. The third kappa shape index (κ3) is 13.1. The van der Waals surface area contributed by atoms with Gasteiger partial charge in [0, 0.05) is 6.42 Å². The van der Waals surface area contributed by atoms with E-state index in [0.717, 1.165) is 0 Å². The number of esters is 1. The van der Waals surface area contributed by atoms with Gasteiger partial charge in [0.05, 0.1) is 20.1 Å². The Morgan fingerprint density at radius 3 is 2.07 bits per heavy atom. The van der Waals surface area contributed by atoms with E-state index in [1.807, 2.05) is 0 Å². The molecule has 8 nitrogen and oxygen atoms in total. The summed E-state index contributed by atoms with van der Waals surface area (Å²) in [5.74, 6) is -0.680. The van der Waals surface area contributed by atoms with Crippen molar-refractivity contribution in [3.63, 3.8) is 0 Å². The summed E-state index contributed by atoms with van der Waals surface area (Å²) in [5, 5.41) is 2.14. The van der Waals surface area contributed by atoms with Gasteiger partial charge in [0.2, 0.25) is 0 Å². The number of carbonyl (C=O) groups is 2. The first-order chi connectivity index (χ1) is 12.8. The number of para-hydroxylation sites is 1. The fourth-order valence-electron chi connectivity index (χ4n) is 1.95. The number of Topliss-reactive ketones (excluding diaryl/α,β-unsaturated/α-hetero) is 1. The second-order valence-electron chi connectivity index (χ2n) is 5.49. The number of hydrogen-bond acceptors (Lipinski definition) is 6. The maximum Gasteiger partial charge on any atom is 0.456 e. The van der Waals surface area contributed by atoms with Crippen LogP contribution in [0.5, 0.6) is 5.75 Å². The van der Waals surface area contributed by atoms with Crippen LogP contribution in [-0.4, -0.2) is 54.8 Å². The highest BCUT2D eigenvalue weighted by Gasteiger charge is 2.21. The van der Waals surface area contributed by atoms with Gasteiger partial charge in [-0.05, 0) is 31.8 Å². The summed E-state index contributed by atoms with van der Waals surface area (Å²) < 4.78 is 20.9. The molecule has 154 valence electrons. The standard InChI is InChI=1S/C12H16NO6P.C6H15N/c1-18-12(15)8-7-10(14)9-13-20(16,17)19-11-5-3-2-4-6-11;1-4-7(5-2)6-3/h2-6H,7-9H2,1H3,(H2,13,16,17);4-6H2,1-3H3. The van der Waals surface area contributed by atoms with E-state index in [1.54, 1.807) is 18.2 Å². The van der Waals surface area contributed by atoms with E-state index in [9.17, 15) is 19.0 Å². The Morgan fingerprint density at radius 2 is 1.63 bits per heavy atom. The lowest BCUT2D eigenvalue weighted by Gasteiger charge is -2.13. The number of nitrogens with zero attached hydrogens (tertiary/aromatic N) is 1. The summed E-state index contributed by atoms with van der Waals surface area (Å²) in [7, 11) is -2.89. The zero-order chi connectivity index (χ0) is 20.7. The van der Waals surface area contributed by atoms with E-state index in [0.29, 0.717) is 0 Å². The first-order valence-electron chi connectivity index (χ1n) is 8.91. The van der Waals surface area contributed by atoms with Gasteiger partial charge in [0.25, 0.3) is 0 Å². The smallest absolute Gasteiger partial charge is 0.456 e. The fraction of sp³-hybridized carbons (Fsp3) is 0.556. The van der Waals surface area contributed by atoms with E-state index in [2.05, 4.69) is 35.5 Å². The zero-order valence-corrected chi connectivity index (χ0v) is 17.4. The van der Waals surface area contributed by atoms with Crippen molar-refractivity contribution >= 4 is 19.5 Å². The molecule has 1 aromatic rings. The third-order valence-corrected chi connectivity index (χ3v) is 4.64. The van der Waals surface area contributed by atoms with Crippen LogP contribution >= 0.6 is 7.75 Å². The SMILES string of the molecule is CCN(CC)CC.COC(=O)CCC(=O)CNP(=O)(O)Oc1ccccc1. The van der Waals surface area contributed by atoms with Gasteiger partial charge in [-0.3, -0.25) is 9.59 Å². The molecule has 0 saturated carbocycles. The molecular weight excluding hydrogens is 371 g/mol. The van der Waals surface area contributed by atoms with Crippen molar-refractivity contribution in [2.45, 2.75) is 33.6 Å². The lowest BCUT2D eigenvalue weighted by molar-refractivity contribution is -0.141. The molecule has 0 aliphatic heterocycles. The van der Waals surface area contributed by atoms with Crippen LogP contribution in [0.3, 0.4) is 0 Å². The van der Waals surface area contributed by atoms with E-state index >= 15 is 0 Å². The highest BCUT2D eigenvalue weighted by Crippen LogP contribution is 2.37. The van der Waals surface area contributed by atoms with Gasteiger partial charge in [0.15, 0.2) is 0 Å². The molecule has 0 amide bonds. The molecule has 0 aliphatic rings. The van der Waals surface area contributed by atoms with Gasteiger partial charge in [-0.15, -0.1) is 0 Å². The molecule has 0 heterocycles. The third-order valence-electron chi connectivity index (χ3n) is 3.63. The molecule has 0 radical (unpaired) electrons. The summed E-state index contributed by atoms with van der Waals surface area (Å²) in [6, 6.07) is 8.07. The molecule has 1 unspecified atom stereocenters. The molecule has 9 heteroatoms. The minimum Gasteiger partial charge on any atom is -0.469 e. The van der Waals surface area contributed by atoms with Gasteiger partial charge in [-0.2, -0.15) is 0 Å². The predicted octanol–water partition coefficient (Wildman–Crippen LogP) is 2.63. The minimum absolute atomic E-state index is 0.0632. The highest BCUT2D eigenvalue weighted by molar-refractivity contribution is 7.51. The quantitative estimate of drug-likeness (QED) is 0.430. The van der Waals surface area contributed by atoms with Crippen molar-refractivity contribution in [2.75, 3.05) is 33.3 Å². The van der Waals surface area contributed by atoms with Crippen LogP contribution in [0, 0.1) is 0 Å². The summed E-state index contributed by atoms with van der Waals surface area (Å²) in [5.41, 5.74) is 0. The van der Waals surface area contributed by atoms with Crippen molar-refractivity contribution in [3.8, 4) is 5.75 Å². The maximum atomic E-state index is 11.7. The van der Waals surface area contributed by atoms with Crippen LogP contribution in [0.25, 0.3) is 0 Å². The van der Waals surface area contributed by atoms with Crippen molar-refractivity contribution in [3.05, 3.63) is 30.3 Å². The summed E-state index contributed by atoms with van der Waals surface area (Å²) in [4.78, 5) is 34.1. The van der Waals surface area contributed by atoms with E-state index in [1.165, 1.54) is 38.9 Å². The van der Waals surface area contributed by atoms with Crippen LogP contribution in [0.4, 0.5) is 0 Å². The molecule has 1 atom stereocenters. The van der Waals surface area contributed by atoms with Crippen LogP contribution < -0.4 is 9.61 Å². The van der Waals surface area contributed by atoms with Gasteiger partial charge in [-0.1, -0.05) is 39.0 Å². The van der Waals surface area contributed by atoms with Crippen molar-refractivity contribution in [1.29, 1.82) is 0 Å². The van der Waals surface area contributed by atoms with Gasteiger partial charge in [0.1, 0.15) is 11.5 Å². The van der Waals surface area contributed by atoms with E-state index in [4.69, 9.17) is 4.52 Å². The van der Waals surface area contributed by atoms with Gasteiger partial charge < -0.3 is 19.1 Å². The number of methoxy groups -OCH3 is 1. The zero-order valence-electron chi connectivity index (χ0n) is 16.5. The van der Waals surface area contributed by atoms with Crippen LogP contribution in [0.15, 0.2) is 30.3 Å². The Hall–Kier alpha value is -1.73. The first-order valence-corrected chi connectivity index (χ1v) is 10.5. The molecule has 0 aromatic heterocycles. The number of ketones is 1. The molecule has 0 fully saturated rings. The largest absolute Gasteiger partial charge is 0.469 e. The van der Waals surface area contributed by atoms with Crippen molar-refractivity contribution < 1.29 is 28.3 Å². The molecule has 1 rings (SSSR count). The van der Waals surface area contributed by atoms with E-state index in [-0.39, 0.29) is 30.9 Å². The molecule has 1 aromatic carbocycles. The second kappa shape index (κ2) is 14.3. The Bertz CT molecular complexity index is 587. The van der Waals surface area contributed by atoms with Crippen molar-refractivity contribution in [1.82, 2.24) is 9.99 Å². The Morgan fingerprint density at radius 1 is 1.07 bits per heavy atom. The van der Waals surface area contributed by atoms with Crippen LogP contribution in [-0.2, 0) is 18.9 Å². The van der Waals surface area contributed by atoms with Gasteiger partial charge in [-0.25, -0.2) is 9.65 Å². The Balaban J connectivity index is 0.000000821. The normalized spacial score (nSPS) is 12.5. The van der Waals surface area contributed by atoms with E-state index < -0.39 is 13.7 Å². The number of hydrogen-bond donors (Lipinski definition) is 2. The second-order valence-corrected chi connectivity index (χ2v) is 7.03. The monoisotopic (exact) mass is 402 g/mol. The lowest BCUT2D eigenvalue weighted by Crippen LogP contribution is -2.23. The molecule has 0 bridgehead atoms. The molecule has 0 spiro atoms. The number of ether oxygens (including phenoxy) is 1. The molecular formula is C18H31N2O6P. The lowest BCUT2D eigenvalue weighted by atomic mass is 10.2. The molecule has 27 heavy (non-hydrogen) atoms. The average molecular weight is 402 g/mol. The highest BCUT2D eigenvalue weighted by atomic mass is 31.2. The minimum atomic E-state index is -4.11. The Labute approximate surface area is 161 Å². The van der Waals surface area contributed by atoms with Crippen LogP contribution in [0.2, 0.25) is 0 Å². The number of nitrogens with one attached hydrogen (secondary N) is 1. The summed E-state index contributed by atoms with van der Waals surface area (Å²) in [6.45, 7) is 9.76. The number of carbonyl (C=O) groups excluding carboxylic acids is 2. The molecule has 0 saturated heterocycles. The molecule has 0 aliphatic carbocycles. The molecule has 2 N–H and O–H groups in total. The van der Waals surface area contributed by atoms with Crippen LogP contribution in [0.1, 0.15) is 33.6 Å². The van der Waals surface area contributed by atoms with Crippen molar-refractivity contribution in [2.24, 2.45) is 0 Å². The average Bonchev–Trinajstić information content (AvgIpc) is 2.67. The fourth-order valence-corrected chi connectivity index (χ4v) is 2.80. The maximum absolute atomic E-state index is 11.7. The number of rotatable bonds is 11. The predicted molar refractivity (Wildman–Crippen MR) is 105 cm³/mol.